The van der Waals surface area contributed by atoms with Crippen LogP contribution in [-0.2, 0) is 14.3 Å². The zero-order valence-corrected chi connectivity index (χ0v) is 21.0. The third-order valence-electron chi connectivity index (χ3n) is 4.55. The first-order valence-electron chi connectivity index (χ1n) is 10.8. The Labute approximate surface area is 220 Å². The fourth-order valence-corrected chi connectivity index (χ4v) is 2.96. The van der Waals surface area contributed by atoms with E-state index < -0.39 is 18.4 Å². The predicted octanol–water partition coefficient (Wildman–Crippen LogP) is 0.476. The van der Waals surface area contributed by atoms with Gasteiger partial charge in [-0.25, -0.2) is 9.59 Å². The van der Waals surface area contributed by atoms with E-state index in [0.29, 0.717) is 23.9 Å². The number of nitrogens with zero attached hydrogens (tertiary/aromatic N) is 3. The van der Waals surface area contributed by atoms with Gasteiger partial charge in [0.1, 0.15) is 5.75 Å². The summed E-state index contributed by atoms with van der Waals surface area (Å²) in [5.41, 5.74) is 0.546. The average Bonchev–Trinajstić information content (AvgIpc) is 2.85. The highest BCUT2D eigenvalue weighted by Gasteiger charge is 2.32. The fraction of sp³-hybridized carbons (Fsp3) is 0.348. The number of nitrogens with one attached hydrogen (secondary N) is 2. The highest BCUT2D eigenvalue weighted by Crippen LogP contribution is 2.16. The van der Waals surface area contributed by atoms with Gasteiger partial charge in [0.15, 0.2) is 18.6 Å². The van der Waals surface area contributed by atoms with Crippen molar-refractivity contribution < 1.29 is 45.9 Å². The molecule has 0 fully saturated rings. The summed E-state index contributed by atoms with van der Waals surface area (Å²) in [5, 5.41) is 24.3. The van der Waals surface area contributed by atoms with Crippen LogP contribution < -0.4 is 32.3 Å². The zero-order chi connectivity index (χ0) is 25.5. The van der Waals surface area contributed by atoms with Gasteiger partial charge in [0.25, 0.3) is 0 Å². The van der Waals surface area contributed by atoms with Gasteiger partial charge >= 0.3 is 18.4 Å². The summed E-state index contributed by atoms with van der Waals surface area (Å²) < 4.78 is 15.9. The molecule has 0 saturated carbocycles. The molecule has 0 bridgehead atoms. The van der Waals surface area contributed by atoms with E-state index in [4.69, 9.17) is 26.3 Å². The maximum atomic E-state index is 11.4. The first-order chi connectivity index (χ1) is 16.9. The highest BCUT2D eigenvalue weighted by atomic mass is 35.5. The number of rotatable bonds is 12. The van der Waals surface area contributed by atoms with Crippen LogP contribution in [0.15, 0.2) is 53.8 Å². The molecule has 0 saturated heterocycles. The van der Waals surface area contributed by atoms with E-state index in [0.717, 1.165) is 38.5 Å². The Balaban J connectivity index is 0.00000648. The average molecular weight is 540 g/mol. The van der Waals surface area contributed by atoms with Gasteiger partial charge in [-0.2, -0.15) is 9.83 Å². The summed E-state index contributed by atoms with van der Waals surface area (Å²) in [7, 11) is 1.08. The number of carbonyl (C=O) groups excluding carboxylic acids is 1. The van der Waals surface area contributed by atoms with Crippen molar-refractivity contribution >= 4 is 35.4 Å². The van der Waals surface area contributed by atoms with E-state index in [2.05, 4.69) is 20.4 Å². The quantitative estimate of drug-likeness (QED) is 0.0666. The number of benzene rings is 1. The Morgan fingerprint density at radius 2 is 1.81 bits per heavy atom. The summed E-state index contributed by atoms with van der Waals surface area (Å²) >= 11 is 5.85. The number of ether oxygens (including phenoxy) is 3. The lowest BCUT2D eigenvalue weighted by Crippen LogP contribution is -3.00. The van der Waals surface area contributed by atoms with Crippen LogP contribution in [-0.4, -0.2) is 43.5 Å². The summed E-state index contributed by atoms with van der Waals surface area (Å²) in [6.07, 6.45) is 5.61. The number of anilines is 1. The lowest BCUT2D eigenvalue weighted by Gasteiger charge is -2.10. The number of unbranched alkanes of at least 4 members (excludes halogenated alkanes) is 3. The molecule has 13 heteroatoms. The third kappa shape index (κ3) is 11.1. The Kier molecular flexibility index (Phi) is 14.1. The summed E-state index contributed by atoms with van der Waals surface area (Å²) in [4.78, 5) is 27.0. The second-order valence-electron chi connectivity index (χ2n) is 7.11. The molecule has 0 aliphatic rings. The van der Waals surface area contributed by atoms with E-state index >= 15 is 0 Å². The lowest BCUT2D eigenvalue weighted by atomic mass is 10.2. The fourth-order valence-electron chi connectivity index (χ4n) is 2.83. The van der Waals surface area contributed by atoms with Crippen molar-refractivity contribution in [2.24, 2.45) is 4.99 Å². The number of nitriles is 1. The first-order valence-corrected chi connectivity index (χ1v) is 11.1. The van der Waals surface area contributed by atoms with E-state index in [1.54, 1.807) is 24.3 Å². The van der Waals surface area contributed by atoms with Crippen molar-refractivity contribution in [3.05, 3.63) is 53.8 Å². The molecule has 0 amide bonds. The number of carboxylic acid groups (broad SMARTS) is 1. The van der Waals surface area contributed by atoms with Gasteiger partial charge in [-0.05, 0) is 43.5 Å². The molecule has 2 rings (SSSR count). The van der Waals surface area contributed by atoms with Crippen molar-refractivity contribution in [2.45, 2.75) is 31.9 Å². The molecule has 1 atom stereocenters. The maximum Gasteiger partial charge on any atom is 0.513 e. The third-order valence-corrected chi connectivity index (χ3v) is 4.80. The number of aromatic nitrogens is 1. The SMILES string of the molecule is COC(=O)OC(C(=O)O)[n+]1ccc(N/C(=N\CCCCCCOc2ccc(Cl)cc2)NC#N)cc1.[Cl-]. The molecule has 194 valence electrons. The number of aliphatic imine (C=N–C) groups is 1. The molecule has 0 aliphatic carbocycles. The van der Waals surface area contributed by atoms with Crippen LogP contribution in [0.5, 0.6) is 5.75 Å². The van der Waals surface area contributed by atoms with Gasteiger partial charge in [-0.1, -0.05) is 18.0 Å². The van der Waals surface area contributed by atoms with Gasteiger partial charge < -0.3 is 37.0 Å². The summed E-state index contributed by atoms with van der Waals surface area (Å²) in [6.45, 7) is 1.13. The van der Waals surface area contributed by atoms with Crippen LogP contribution in [0.2, 0.25) is 5.02 Å². The van der Waals surface area contributed by atoms with Crippen molar-refractivity contribution in [1.29, 1.82) is 5.26 Å². The van der Waals surface area contributed by atoms with Gasteiger partial charge in [-0.15, -0.1) is 0 Å². The molecule has 0 aliphatic heterocycles. The van der Waals surface area contributed by atoms with Gasteiger partial charge in [-0.3, -0.25) is 10.3 Å². The van der Waals surface area contributed by atoms with Crippen LogP contribution in [0.3, 0.4) is 0 Å². The van der Waals surface area contributed by atoms with Crippen LogP contribution in [0.25, 0.3) is 0 Å². The molecule has 0 radical (unpaired) electrons. The smallest absolute Gasteiger partial charge is 0.513 e. The number of methoxy groups -OCH3 is 1. The van der Waals surface area contributed by atoms with Crippen molar-refractivity contribution in [3.8, 4) is 11.9 Å². The number of halogens is 2. The van der Waals surface area contributed by atoms with Crippen LogP contribution >= 0.6 is 11.6 Å². The van der Waals surface area contributed by atoms with Gasteiger partial charge in [0.05, 0.1) is 19.4 Å². The standard InChI is InChI=1S/C23H26ClN5O6.ClH/c1-33-23(32)35-20(21(30)31)29-13-10-18(11-14-29)28-22(27-16-25)26-12-4-2-3-5-15-34-19-8-6-17(24)7-9-19;/h6-11,13-14,20H,2-5,12,15H2,1H3,(H2,26,27,30,31);1H. The zero-order valence-electron chi connectivity index (χ0n) is 19.5. The molecule has 3 N–H and O–H groups in total. The molecule has 0 spiro atoms. The van der Waals surface area contributed by atoms with E-state index in [9.17, 15) is 14.7 Å². The molecular weight excluding hydrogens is 513 g/mol. The minimum Gasteiger partial charge on any atom is -1.00 e. The lowest BCUT2D eigenvalue weighted by molar-refractivity contribution is -0.743. The Hall–Kier alpha value is -3.75. The van der Waals surface area contributed by atoms with Gasteiger partial charge in [0, 0.05) is 23.7 Å². The second-order valence-corrected chi connectivity index (χ2v) is 7.54. The molecule has 1 aromatic heterocycles. The molecule has 2 aromatic rings. The molecule has 11 nitrogen and oxygen atoms in total. The number of carboxylic acids is 1. The monoisotopic (exact) mass is 539 g/mol. The Morgan fingerprint density at radius 1 is 1.14 bits per heavy atom. The van der Waals surface area contributed by atoms with E-state index in [-0.39, 0.29) is 18.4 Å². The molecule has 36 heavy (non-hydrogen) atoms. The number of hydrogen-bond acceptors (Lipinski definition) is 7. The summed E-state index contributed by atoms with van der Waals surface area (Å²) in [6, 6.07) is 10.3. The minimum atomic E-state index is -1.58. The molecule has 1 aromatic carbocycles. The van der Waals surface area contributed by atoms with Crippen molar-refractivity contribution in [1.82, 2.24) is 5.32 Å². The number of hydrogen-bond donors (Lipinski definition) is 3. The van der Waals surface area contributed by atoms with Crippen LogP contribution in [0, 0.1) is 11.5 Å². The normalized spacial score (nSPS) is 11.3. The van der Waals surface area contributed by atoms with Crippen LogP contribution in [0.4, 0.5) is 10.5 Å². The molecule has 1 heterocycles. The maximum absolute atomic E-state index is 11.4. The Bertz CT molecular complexity index is 1030. The number of carbonyl (C=O) groups is 2. The topological polar surface area (TPSA) is 146 Å². The van der Waals surface area contributed by atoms with E-state index in [1.807, 2.05) is 18.3 Å². The van der Waals surface area contributed by atoms with Gasteiger partial charge in [0.2, 0.25) is 5.96 Å². The van der Waals surface area contributed by atoms with Crippen molar-refractivity contribution in [2.75, 3.05) is 25.6 Å². The van der Waals surface area contributed by atoms with E-state index in [1.165, 1.54) is 17.0 Å². The number of pyridine rings is 1. The second kappa shape index (κ2) is 16.8. The largest absolute Gasteiger partial charge is 1.00 e. The highest BCUT2D eigenvalue weighted by molar-refractivity contribution is 6.30. The molecule has 1 unspecified atom stereocenters. The number of aliphatic carboxylic acids is 1. The van der Waals surface area contributed by atoms with Crippen molar-refractivity contribution in [3.63, 3.8) is 0 Å². The minimum absolute atomic E-state index is 0. The molecular formula is C23H27Cl2N5O6. The van der Waals surface area contributed by atoms with Crippen LogP contribution in [0.1, 0.15) is 31.9 Å². The Morgan fingerprint density at radius 3 is 2.42 bits per heavy atom. The summed E-state index contributed by atoms with van der Waals surface area (Å²) in [5.74, 6) is -0.318. The first kappa shape index (κ1) is 30.3. The number of guanidine groups is 1. The predicted molar refractivity (Wildman–Crippen MR) is 127 cm³/mol.